The molecule has 0 bridgehead atoms. The van der Waals surface area contributed by atoms with Crippen LogP contribution in [0, 0.1) is 25.7 Å². The van der Waals surface area contributed by atoms with Crippen LogP contribution in [0.3, 0.4) is 0 Å². The van der Waals surface area contributed by atoms with E-state index in [0.717, 1.165) is 22.4 Å². The second kappa shape index (κ2) is 5.22. The van der Waals surface area contributed by atoms with Crippen LogP contribution >= 0.6 is 0 Å². The molecule has 0 saturated heterocycles. The summed E-state index contributed by atoms with van der Waals surface area (Å²) in [4.78, 5) is 10.3. The van der Waals surface area contributed by atoms with Crippen LogP contribution in [0.2, 0.25) is 0 Å². The zero-order valence-electron chi connectivity index (χ0n) is 9.63. The third-order valence-corrected chi connectivity index (χ3v) is 2.19. The van der Waals surface area contributed by atoms with Crippen LogP contribution in [-0.4, -0.2) is 18.2 Å². The molecule has 0 saturated carbocycles. The number of carboxylic acid groups (broad SMARTS) is 1. The zero-order valence-corrected chi connectivity index (χ0v) is 9.63. The van der Waals surface area contributed by atoms with Crippen molar-refractivity contribution in [1.29, 1.82) is 0 Å². The lowest BCUT2D eigenvalue weighted by Gasteiger charge is -2.06. The first kappa shape index (κ1) is 12.1. The molecule has 3 nitrogen and oxygen atoms in total. The molecule has 1 rings (SSSR count). The standard InChI is InChI=1S/C13H14O3/c1-9-7-11(16-3)8-10(2)12(9)5-4-6-13(14)15/h7-8H,6H2,1-3H3,(H,14,15). The van der Waals surface area contributed by atoms with Crippen molar-refractivity contribution in [1.82, 2.24) is 0 Å². The molecule has 1 aromatic rings. The summed E-state index contributed by atoms with van der Waals surface area (Å²) in [5, 5.41) is 8.49. The summed E-state index contributed by atoms with van der Waals surface area (Å²) in [5.74, 6) is 5.39. The van der Waals surface area contributed by atoms with Crippen LogP contribution in [0.25, 0.3) is 0 Å². The number of aliphatic carboxylic acids is 1. The fourth-order valence-electron chi connectivity index (χ4n) is 1.45. The van der Waals surface area contributed by atoms with Crippen molar-refractivity contribution in [3.8, 4) is 17.6 Å². The van der Waals surface area contributed by atoms with Crippen LogP contribution in [0.4, 0.5) is 0 Å². The van der Waals surface area contributed by atoms with Crippen LogP contribution in [0.5, 0.6) is 5.75 Å². The van der Waals surface area contributed by atoms with E-state index in [-0.39, 0.29) is 6.42 Å². The highest BCUT2D eigenvalue weighted by atomic mass is 16.5. The molecular formula is C13H14O3. The lowest BCUT2D eigenvalue weighted by molar-refractivity contribution is -0.135. The lowest BCUT2D eigenvalue weighted by Crippen LogP contribution is -1.93. The maximum Gasteiger partial charge on any atom is 0.315 e. The second-order valence-electron chi connectivity index (χ2n) is 3.51. The first-order valence-corrected chi connectivity index (χ1v) is 4.90. The summed E-state index contributed by atoms with van der Waals surface area (Å²) < 4.78 is 5.13. The van der Waals surface area contributed by atoms with E-state index in [1.165, 1.54) is 0 Å². The number of benzene rings is 1. The molecule has 3 heteroatoms. The SMILES string of the molecule is COc1cc(C)c(C#CCC(=O)O)c(C)c1. The normalized spacial score (nSPS) is 9.19. The van der Waals surface area contributed by atoms with Gasteiger partial charge in [0.15, 0.2) is 0 Å². The van der Waals surface area contributed by atoms with Gasteiger partial charge in [0.25, 0.3) is 0 Å². The van der Waals surface area contributed by atoms with Gasteiger partial charge in [0, 0.05) is 5.56 Å². The Balaban J connectivity index is 3.04. The Morgan fingerprint density at radius 3 is 2.38 bits per heavy atom. The van der Waals surface area contributed by atoms with Crippen molar-refractivity contribution in [2.45, 2.75) is 20.3 Å². The highest BCUT2D eigenvalue weighted by Gasteiger charge is 2.02. The van der Waals surface area contributed by atoms with Crippen molar-refractivity contribution < 1.29 is 14.6 Å². The zero-order chi connectivity index (χ0) is 12.1. The topological polar surface area (TPSA) is 46.5 Å². The Morgan fingerprint density at radius 1 is 1.38 bits per heavy atom. The minimum atomic E-state index is -0.906. The highest BCUT2D eigenvalue weighted by molar-refractivity contribution is 5.70. The van der Waals surface area contributed by atoms with Gasteiger partial charge in [0.1, 0.15) is 12.2 Å². The van der Waals surface area contributed by atoms with Gasteiger partial charge in [0.05, 0.1) is 7.11 Å². The van der Waals surface area contributed by atoms with Gasteiger partial charge in [-0.05, 0) is 37.1 Å². The fraction of sp³-hybridized carbons (Fsp3) is 0.308. The minimum Gasteiger partial charge on any atom is -0.497 e. The summed E-state index contributed by atoms with van der Waals surface area (Å²) in [6, 6.07) is 3.77. The third-order valence-electron chi connectivity index (χ3n) is 2.19. The Morgan fingerprint density at radius 2 is 1.94 bits per heavy atom. The van der Waals surface area contributed by atoms with Gasteiger partial charge in [-0.3, -0.25) is 4.79 Å². The molecular weight excluding hydrogens is 204 g/mol. The van der Waals surface area contributed by atoms with Gasteiger partial charge in [-0.2, -0.15) is 0 Å². The largest absolute Gasteiger partial charge is 0.497 e. The van der Waals surface area contributed by atoms with Crippen molar-refractivity contribution in [3.05, 3.63) is 28.8 Å². The molecule has 1 N–H and O–H groups in total. The first-order valence-electron chi connectivity index (χ1n) is 4.90. The second-order valence-corrected chi connectivity index (χ2v) is 3.51. The molecule has 0 heterocycles. The summed E-state index contributed by atoms with van der Waals surface area (Å²) in [6.07, 6.45) is -0.134. The Bertz CT molecular complexity index is 441. The molecule has 0 atom stereocenters. The van der Waals surface area contributed by atoms with Crippen molar-refractivity contribution >= 4 is 5.97 Å². The molecule has 0 amide bonds. The molecule has 0 unspecified atom stereocenters. The van der Waals surface area contributed by atoms with E-state index in [9.17, 15) is 4.79 Å². The van der Waals surface area contributed by atoms with E-state index in [1.54, 1.807) is 7.11 Å². The molecule has 0 spiro atoms. The molecule has 0 aliphatic heterocycles. The summed E-state index contributed by atoms with van der Waals surface area (Å²) in [6.45, 7) is 3.86. The van der Waals surface area contributed by atoms with Crippen LogP contribution in [-0.2, 0) is 4.79 Å². The maximum atomic E-state index is 10.3. The molecule has 1 aromatic carbocycles. The molecule has 0 aliphatic rings. The molecule has 16 heavy (non-hydrogen) atoms. The molecule has 0 aromatic heterocycles. The van der Waals surface area contributed by atoms with Gasteiger partial charge in [-0.1, -0.05) is 11.8 Å². The maximum absolute atomic E-state index is 10.3. The monoisotopic (exact) mass is 218 g/mol. The minimum absolute atomic E-state index is 0.134. The predicted molar refractivity (Wildman–Crippen MR) is 61.6 cm³/mol. The number of carboxylic acids is 1. The number of hydrogen-bond acceptors (Lipinski definition) is 2. The number of aryl methyl sites for hydroxylation is 2. The first-order chi connectivity index (χ1) is 7.54. The number of carbonyl (C=O) groups is 1. The molecule has 84 valence electrons. The molecule has 0 radical (unpaired) electrons. The van der Waals surface area contributed by atoms with Gasteiger partial charge >= 0.3 is 5.97 Å². The predicted octanol–water partition coefficient (Wildman–Crippen LogP) is 2.14. The Hall–Kier alpha value is -1.95. The number of hydrogen-bond donors (Lipinski definition) is 1. The summed E-state index contributed by atoms with van der Waals surface area (Å²) in [7, 11) is 1.62. The van der Waals surface area contributed by atoms with Crippen LogP contribution in [0.1, 0.15) is 23.1 Å². The average molecular weight is 218 g/mol. The van der Waals surface area contributed by atoms with Crippen molar-refractivity contribution in [2.24, 2.45) is 0 Å². The van der Waals surface area contributed by atoms with Crippen LogP contribution in [0.15, 0.2) is 12.1 Å². The summed E-state index contributed by atoms with van der Waals surface area (Å²) >= 11 is 0. The smallest absolute Gasteiger partial charge is 0.315 e. The molecule has 0 fully saturated rings. The highest BCUT2D eigenvalue weighted by Crippen LogP contribution is 2.20. The van der Waals surface area contributed by atoms with Gasteiger partial charge < -0.3 is 9.84 Å². The number of methoxy groups -OCH3 is 1. The Labute approximate surface area is 95.1 Å². The fourth-order valence-corrected chi connectivity index (χ4v) is 1.45. The van der Waals surface area contributed by atoms with E-state index in [4.69, 9.17) is 9.84 Å². The van der Waals surface area contributed by atoms with Crippen molar-refractivity contribution in [3.63, 3.8) is 0 Å². The number of ether oxygens (including phenoxy) is 1. The van der Waals surface area contributed by atoms with Gasteiger partial charge in [0.2, 0.25) is 0 Å². The van der Waals surface area contributed by atoms with E-state index < -0.39 is 5.97 Å². The van der Waals surface area contributed by atoms with E-state index in [0.29, 0.717) is 0 Å². The summed E-state index contributed by atoms with van der Waals surface area (Å²) in [5.41, 5.74) is 2.87. The van der Waals surface area contributed by atoms with E-state index >= 15 is 0 Å². The van der Waals surface area contributed by atoms with Crippen LogP contribution < -0.4 is 4.74 Å². The van der Waals surface area contributed by atoms with E-state index in [2.05, 4.69) is 11.8 Å². The Kier molecular flexibility index (Phi) is 3.96. The quantitative estimate of drug-likeness (QED) is 0.773. The average Bonchev–Trinajstić information content (AvgIpc) is 2.21. The third kappa shape index (κ3) is 3.03. The van der Waals surface area contributed by atoms with Crippen molar-refractivity contribution in [2.75, 3.05) is 7.11 Å². The lowest BCUT2D eigenvalue weighted by atomic mass is 10.0. The molecule has 0 aliphatic carbocycles. The van der Waals surface area contributed by atoms with Gasteiger partial charge in [-0.25, -0.2) is 0 Å². The van der Waals surface area contributed by atoms with E-state index in [1.807, 2.05) is 26.0 Å². The number of rotatable bonds is 2. The van der Waals surface area contributed by atoms with Gasteiger partial charge in [-0.15, -0.1) is 0 Å².